The summed E-state index contributed by atoms with van der Waals surface area (Å²) in [7, 11) is 0. The van der Waals surface area contributed by atoms with Crippen molar-refractivity contribution in [1.82, 2.24) is 4.90 Å². The number of carbonyl (C=O) groups is 1. The number of carbonyl (C=O) groups excluding carboxylic acids is 1. The Morgan fingerprint density at radius 2 is 1.85 bits per heavy atom. The van der Waals surface area contributed by atoms with Gasteiger partial charge in [0.25, 0.3) is 0 Å². The van der Waals surface area contributed by atoms with Crippen molar-refractivity contribution in [3.63, 3.8) is 0 Å². The van der Waals surface area contributed by atoms with Crippen LogP contribution in [0.15, 0.2) is 36.4 Å². The highest BCUT2D eigenvalue weighted by Crippen LogP contribution is 2.25. The fourth-order valence-corrected chi connectivity index (χ4v) is 3.35. The van der Waals surface area contributed by atoms with E-state index in [1.807, 2.05) is 25.1 Å². The number of amides is 1. The molecule has 1 aliphatic rings. The fraction of sp³-hybridized carbons (Fsp3) is 0.350. The molecule has 138 valence electrons. The molecule has 1 aliphatic heterocycles. The minimum Gasteiger partial charge on any atom is -0.369 e. The van der Waals surface area contributed by atoms with Gasteiger partial charge < -0.3 is 10.2 Å². The lowest BCUT2D eigenvalue weighted by Crippen LogP contribution is -2.48. The zero-order chi connectivity index (χ0) is 18.7. The first-order chi connectivity index (χ1) is 12.4. The third-order valence-electron chi connectivity index (χ3n) is 4.65. The molecule has 0 unspecified atom stereocenters. The Kier molecular flexibility index (Phi) is 5.79. The number of nitrogens with one attached hydrogen (secondary N) is 1. The van der Waals surface area contributed by atoms with Crippen LogP contribution in [-0.4, -0.2) is 43.5 Å². The average Bonchev–Trinajstić information content (AvgIpc) is 2.60. The summed E-state index contributed by atoms with van der Waals surface area (Å²) in [4.78, 5) is 16.6. The number of halogens is 2. The second-order valence-corrected chi connectivity index (χ2v) is 7.16. The van der Waals surface area contributed by atoms with Crippen molar-refractivity contribution in [3.8, 4) is 0 Å². The van der Waals surface area contributed by atoms with E-state index in [9.17, 15) is 9.18 Å². The minimum atomic E-state index is -0.403. The molecule has 0 bridgehead atoms. The summed E-state index contributed by atoms with van der Waals surface area (Å²) < 4.78 is 13.9. The van der Waals surface area contributed by atoms with E-state index < -0.39 is 5.82 Å². The van der Waals surface area contributed by atoms with Gasteiger partial charge in [-0.15, -0.1) is 0 Å². The molecule has 6 heteroatoms. The minimum absolute atomic E-state index is 0.194. The summed E-state index contributed by atoms with van der Waals surface area (Å²) >= 11 is 6.11. The molecule has 0 saturated carbocycles. The van der Waals surface area contributed by atoms with Gasteiger partial charge in [-0.25, -0.2) is 4.39 Å². The molecule has 1 heterocycles. The first-order valence-electron chi connectivity index (χ1n) is 8.72. The molecule has 2 aromatic rings. The smallest absolute Gasteiger partial charge is 0.238 e. The van der Waals surface area contributed by atoms with Gasteiger partial charge in [-0.3, -0.25) is 9.69 Å². The van der Waals surface area contributed by atoms with Crippen LogP contribution >= 0.6 is 11.6 Å². The van der Waals surface area contributed by atoms with Gasteiger partial charge in [0.1, 0.15) is 5.82 Å². The Bertz CT molecular complexity index is 804. The van der Waals surface area contributed by atoms with Crippen LogP contribution in [0.5, 0.6) is 0 Å². The Labute approximate surface area is 158 Å². The van der Waals surface area contributed by atoms with Crippen molar-refractivity contribution < 1.29 is 9.18 Å². The molecule has 3 rings (SSSR count). The van der Waals surface area contributed by atoms with Gasteiger partial charge in [0.05, 0.1) is 12.2 Å². The van der Waals surface area contributed by atoms with Crippen LogP contribution in [0.1, 0.15) is 11.1 Å². The Hall–Kier alpha value is -2.11. The Morgan fingerprint density at radius 1 is 1.12 bits per heavy atom. The zero-order valence-corrected chi connectivity index (χ0v) is 15.8. The predicted octanol–water partition coefficient (Wildman–Crippen LogP) is 3.86. The van der Waals surface area contributed by atoms with Gasteiger partial charge >= 0.3 is 0 Å². The van der Waals surface area contributed by atoms with Gasteiger partial charge in [0.15, 0.2) is 0 Å². The molecule has 1 saturated heterocycles. The van der Waals surface area contributed by atoms with Gasteiger partial charge in [-0.05, 0) is 49.2 Å². The van der Waals surface area contributed by atoms with E-state index >= 15 is 0 Å². The monoisotopic (exact) mass is 375 g/mol. The molecule has 0 aliphatic carbocycles. The average molecular weight is 376 g/mol. The van der Waals surface area contributed by atoms with Crippen LogP contribution < -0.4 is 10.2 Å². The molecule has 2 aromatic carbocycles. The summed E-state index contributed by atoms with van der Waals surface area (Å²) in [5.74, 6) is -0.597. The maximum absolute atomic E-state index is 13.9. The number of nitrogens with zero attached hydrogens (tertiary/aromatic N) is 2. The molecule has 1 amide bonds. The van der Waals surface area contributed by atoms with Gasteiger partial charge in [-0.1, -0.05) is 23.7 Å². The third-order valence-corrected chi connectivity index (χ3v) is 4.89. The lowest BCUT2D eigenvalue weighted by molar-refractivity contribution is -0.117. The van der Waals surface area contributed by atoms with E-state index in [4.69, 9.17) is 11.6 Å². The molecule has 0 radical (unpaired) electrons. The van der Waals surface area contributed by atoms with E-state index in [0.29, 0.717) is 0 Å². The van der Waals surface area contributed by atoms with Gasteiger partial charge in [0, 0.05) is 36.9 Å². The second-order valence-electron chi connectivity index (χ2n) is 6.73. The quantitative estimate of drug-likeness (QED) is 0.881. The van der Waals surface area contributed by atoms with Crippen molar-refractivity contribution in [2.75, 3.05) is 42.9 Å². The summed E-state index contributed by atoms with van der Waals surface area (Å²) in [6.07, 6.45) is 0. The predicted molar refractivity (Wildman–Crippen MR) is 105 cm³/mol. The number of anilines is 2. The van der Waals surface area contributed by atoms with E-state index in [1.54, 1.807) is 12.1 Å². The lowest BCUT2D eigenvalue weighted by Gasteiger charge is -2.36. The Morgan fingerprint density at radius 3 is 2.54 bits per heavy atom. The topological polar surface area (TPSA) is 35.6 Å². The second kappa shape index (κ2) is 8.06. The van der Waals surface area contributed by atoms with E-state index in [1.165, 1.54) is 11.6 Å². The first kappa shape index (κ1) is 18.7. The van der Waals surface area contributed by atoms with Crippen LogP contribution in [-0.2, 0) is 4.79 Å². The number of hydrogen-bond donors (Lipinski definition) is 1. The standard InChI is InChI=1S/C20H23ClFN3O/c1-14-3-6-18(17(22)11-14)23-20(26)13-24-7-9-25(10-8-24)19-12-16(21)5-4-15(19)2/h3-6,11-12H,7-10,13H2,1-2H3,(H,23,26). The van der Waals surface area contributed by atoms with Crippen LogP contribution in [0.3, 0.4) is 0 Å². The van der Waals surface area contributed by atoms with E-state index in [2.05, 4.69) is 22.0 Å². The first-order valence-corrected chi connectivity index (χ1v) is 9.09. The van der Waals surface area contributed by atoms with Gasteiger partial charge in [0.2, 0.25) is 5.91 Å². The van der Waals surface area contributed by atoms with Crippen LogP contribution in [0.4, 0.5) is 15.8 Å². The molecule has 1 fully saturated rings. The van der Waals surface area contributed by atoms with Crippen LogP contribution in [0.25, 0.3) is 0 Å². The normalized spacial score (nSPS) is 15.2. The summed E-state index contributed by atoms with van der Waals surface area (Å²) in [5, 5.41) is 3.39. The molecule has 4 nitrogen and oxygen atoms in total. The number of benzene rings is 2. The van der Waals surface area contributed by atoms with E-state index in [-0.39, 0.29) is 18.1 Å². The highest BCUT2D eigenvalue weighted by Gasteiger charge is 2.20. The van der Waals surface area contributed by atoms with Crippen molar-refractivity contribution >= 4 is 28.9 Å². The van der Waals surface area contributed by atoms with Gasteiger partial charge in [-0.2, -0.15) is 0 Å². The third kappa shape index (κ3) is 4.54. The number of rotatable bonds is 4. The van der Waals surface area contributed by atoms with Crippen molar-refractivity contribution in [2.24, 2.45) is 0 Å². The number of piperazine rings is 1. The van der Waals surface area contributed by atoms with Crippen molar-refractivity contribution in [3.05, 3.63) is 58.4 Å². The van der Waals surface area contributed by atoms with Crippen molar-refractivity contribution in [1.29, 1.82) is 0 Å². The summed E-state index contributed by atoms with van der Waals surface area (Å²) in [5.41, 5.74) is 3.39. The Balaban J connectivity index is 1.53. The zero-order valence-electron chi connectivity index (χ0n) is 15.1. The molecule has 1 N–H and O–H groups in total. The highest BCUT2D eigenvalue weighted by atomic mass is 35.5. The molecule has 0 atom stereocenters. The van der Waals surface area contributed by atoms with Crippen molar-refractivity contribution in [2.45, 2.75) is 13.8 Å². The fourth-order valence-electron chi connectivity index (χ4n) is 3.18. The number of hydrogen-bond acceptors (Lipinski definition) is 3. The summed E-state index contributed by atoms with van der Waals surface area (Å²) in [6, 6.07) is 10.7. The maximum atomic E-state index is 13.9. The number of aryl methyl sites for hydroxylation is 2. The molecule has 26 heavy (non-hydrogen) atoms. The molecular formula is C20H23ClFN3O. The van der Waals surface area contributed by atoms with Crippen LogP contribution in [0, 0.1) is 19.7 Å². The SMILES string of the molecule is Cc1ccc(NC(=O)CN2CCN(c3cc(Cl)ccc3C)CC2)c(F)c1. The summed E-state index contributed by atoms with van der Waals surface area (Å²) in [6.45, 7) is 7.35. The molecule has 0 spiro atoms. The van der Waals surface area contributed by atoms with E-state index in [0.717, 1.165) is 42.5 Å². The maximum Gasteiger partial charge on any atom is 0.238 e. The lowest BCUT2D eigenvalue weighted by atomic mass is 10.1. The largest absolute Gasteiger partial charge is 0.369 e. The molecule has 0 aromatic heterocycles. The highest BCUT2D eigenvalue weighted by molar-refractivity contribution is 6.30. The van der Waals surface area contributed by atoms with Crippen LogP contribution in [0.2, 0.25) is 5.02 Å². The molecular weight excluding hydrogens is 353 g/mol.